The molecular weight excluding hydrogens is 292 g/mol. The number of rotatable bonds is 3. The zero-order valence-corrected chi connectivity index (χ0v) is 11.2. The highest BCUT2D eigenvalue weighted by atomic mass is 32.2. The second-order valence-corrected chi connectivity index (χ2v) is 4.99. The van der Waals surface area contributed by atoms with Crippen LogP contribution in [-0.4, -0.2) is 40.1 Å². The molecule has 21 heavy (non-hydrogen) atoms. The van der Waals surface area contributed by atoms with E-state index in [2.05, 4.69) is 45.5 Å². The van der Waals surface area contributed by atoms with Gasteiger partial charge in [-0.25, -0.2) is 25.8 Å². The van der Waals surface area contributed by atoms with Crippen molar-refractivity contribution in [3.63, 3.8) is 0 Å². The molecule has 0 saturated carbocycles. The lowest BCUT2D eigenvalue weighted by Gasteiger charge is -2.04. The van der Waals surface area contributed by atoms with E-state index in [0.717, 1.165) is 10.9 Å². The molecule has 0 fully saturated rings. The van der Waals surface area contributed by atoms with Crippen LogP contribution in [0.1, 0.15) is 0 Å². The largest absolute Gasteiger partial charge is 0.341 e. The third kappa shape index (κ3) is 1.95. The van der Waals surface area contributed by atoms with Gasteiger partial charge in [-0.2, -0.15) is 10.1 Å². The maximum atomic E-state index is 5.39. The molecule has 0 spiro atoms. The van der Waals surface area contributed by atoms with Crippen molar-refractivity contribution in [2.75, 3.05) is 5.43 Å². The van der Waals surface area contributed by atoms with E-state index in [9.17, 15) is 0 Å². The molecule has 0 amide bonds. The predicted octanol–water partition coefficient (Wildman–Crippen LogP) is 0.456. The number of hydrogen-bond acceptors (Lipinski definition) is 9. The number of nitrogens with zero attached hydrogens (tertiary/aromatic N) is 6. The SMILES string of the molecule is NNc1nc(Sc2ncnc3nc[nH]c23)c2cn[nH]c2n1. The number of H-pyrrole nitrogens is 2. The summed E-state index contributed by atoms with van der Waals surface area (Å²) >= 11 is 1.36. The number of fused-ring (bicyclic) bond motifs is 2. The second kappa shape index (κ2) is 4.64. The molecule has 0 aliphatic carbocycles. The first-order valence-electron chi connectivity index (χ1n) is 5.85. The van der Waals surface area contributed by atoms with Gasteiger partial charge in [0.1, 0.15) is 21.9 Å². The van der Waals surface area contributed by atoms with Crippen molar-refractivity contribution < 1.29 is 0 Å². The predicted molar refractivity (Wildman–Crippen MR) is 75.3 cm³/mol. The Balaban J connectivity index is 1.87. The molecule has 11 heteroatoms. The average molecular weight is 300 g/mol. The third-order valence-electron chi connectivity index (χ3n) is 2.79. The number of imidazole rings is 1. The fourth-order valence-electron chi connectivity index (χ4n) is 1.86. The molecule has 4 aromatic rings. The van der Waals surface area contributed by atoms with Gasteiger partial charge in [-0.15, -0.1) is 0 Å². The van der Waals surface area contributed by atoms with E-state index in [1.165, 1.54) is 18.1 Å². The summed E-state index contributed by atoms with van der Waals surface area (Å²) in [6.07, 6.45) is 4.69. The van der Waals surface area contributed by atoms with Gasteiger partial charge in [-0.05, 0) is 11.8 Å². The minimum atomic E-state index is 0.296. The van der Waals surface area contributed by atoms with Crippen molar-refractivity contribution in [2.24, 2.45) is 5.84 Å². The van der Waals surface area contributed by atoms with Crippen LogP contribution in [0.2, 0.25) is 0 Å². The van der Waals surface area contributed by atoms with E-state index in [1.807, 2.05) is 0 Å². The lowest BCUT2D eigenvalue weighted by molar-refractivity contribution is 1.04. The van der Waals surface area contributed by atoms with Gasteiger partial charge in [0.2, 0.25) is 5.95 Å². The Labute approximate surface area is 121 Å². The molecular formula is C10H8N10S. The first-order chi connectivity index (χ1) is 10.3. The molecule has 0 aliphatic rings. The minimum absolute atomic E-state index is 0.296. The molecule has 0 unspecified atom stereocenters. The fourth-order valence-corrected chi connectivity index (χ4v) is 2.79. The normalized spacial score (nSPS) is 11.3. The summed E-state index contributed by atoms with van der Waals surface area (Å²) in [5.74, 6) is 5.68. The van der Waals surface area contributed by atoms with Gasteiger partial charge in [-0.3, -0.25) is 10.5 Å². The Hall–Kier alpha value is -2.79. The quantitative estimate of drug-likeness (QED) is 0.240. The maximum absolute atomic E-state index is 5.39. The topological polar surface area (TPSA) is 147 Å². The van der Waals surface area contributed by atoms with Gasteiger partial charge in [0, 0.05) is 0 Å². The third-order valence-corrected chi connectivity index (χ3v) is 3.79. The Morgan fingerprint density at radius 3 is 3.00 bits per heavy atom. The molecule has 0 atom stereocenters. The van der Waals surface area contributed by atoms with Gasteiger partial charge in [0.25, 0.3) is 0 Å². The lowest BCUT2D eigenvalue weighted by atomic mass is 10.4. The Morgan fingerprint density at radius 1 is 1.14 bits per heavy atom. The number of nitrogens with two attached hydrogens (primary N) is 1. The zero-order chi connectivity index (χ0) is 14.2. The summed E-state index contributed by atoms with van der Waals surface area (Å²) in [5.41, 5.74) is 4.37. The van der Waals surface area contributed by atoms with E-state index < -0.39 is 0 Å². The van der Waals surface area contributed by atoms with Gasteiger partial charge in [-0.1, -0.05) is 0 Å². The van der Waals surface area contributed by atoms with Crippen molar-refractivity contribution in [1.82, 2.24) is 40.1 Å². The monoisotopic (exact) mass is 300 g/mol. The molecule has 0 saturated heterocycles. The van der Waals surface area contributed by atoms with Crippen LogP contribution in [0.4, 0.5) is 5.95 Å². The van der Waals surface area contributed by atoms with Crippen LogP contribution < -0.4 is 11.3 Å². The smallest absolute Gasteiger partial charge is 0.240 e. The molecule has 10 nitrogen and oxygen atoms in total. The van der Waals surface area contributed by atoms with Crippen LogP contribution in [-0.2, 0) is 0 Å². The summed E-state index contributed by atoms with van der Waals surface area (Å²) < 4.78 is 0. The average Bonchev–Trinajstić information content (AvgIpc) is 3.16. The molecule has 0 radical (unpaired) electrons. The summed E-state index contributed by atoms with van der Waals surface area (Å²) in [5, 5.41) is 8.93. The summed E-state index contributed by atoms with van der Waals surface area (Å²) in [6, 6.07) is 0. The maximum Gasteiger partial charge on any atom is 0.240 e. The van der Waals surface area contributed by atoms with E-state index in [-0.39, 0.29) is 0 Å². The van der Waals surface area contributed by atoms with Crippen molar-refractivity contribution >= 4 is 39.9 Å². The van der Waals surface area contributed by atoms with E-state index >= 15 is 0 Å². The standard InChI is InChI=1S/C10H8N10S/c11-19-10-17-6-4(1-16-20-6)8(18-10)21-9-5-7(13-2-12-5)14-3-15-9/h1-3H,11H2,(H,12,13,14,15)(H2,16,17,18,19,20). The number of nitrogen functional groups attached to an aromatic ring is 1. The van der Waals surface area contributed by atoms with Gasteiger partial charge in [0.05, 0.1) is 17.9 Å². The van der Waals surface area contributed by atoms with Crippen molar-refractivity contribution in [3.05, 3.63) is 18.9 Å². The highest BCUT2D eigenvalue weighted by Gasteiger charge is 2.14. The van der Waals surface area contributed by atoms with Crippen LogP contribution in [0.25, 0.3) is 22.2 Å². The Morgan fingerprint density at radius 2 is 2.10 bits per heavy atom. The summed E-state index contributed by atoms with van der Waals surface area (Å²) in [6.45, 7) is 0. The first-order valence-corrected chi connectivity index (χ1v) is 6.66. The van der Waals surface area contributed by atoms with Crippen LogP contribution in [0.3, 0.4) is 0 Å². The first kappa shape index (κ1) is 12.0. The lowest BCUT2D eigenvalue weighted by Crippen LogP contribution is -2.10. The van der Waals surface area contributed by atoms with E-state index in [4.69, 9.17) is 5.84 Å². The van der Waals surface area contributed by atoms with Gasteiger partial charge in [0.15, 0.2) is 11.3 Å². The van der Waals surface area contributed by atoms with E-state index in [0.29, 0.717) is 27.3 Å². The molecule has 4 aromatic heterocycles. The number of nitrogens with one attached hydrogen (secondary N) is 3. The molecule has 0 bridgehead atoms. The van der Waals surface area contributed by atoms with Crippen molar-refractivity contribution in [3.8, 4) is 0 Å². The van der Waals surface area contributed by atoms with Crippen LogP contribution in [0, 0.1) is 0 Å². The van der Waals surface area contributed by atoms with Gasteiger partial charge >= 0.3 is 0 Å². The number of anilines is 1. The molecule has 0 aliphatic heterocycles. The minimum Gasteiger partial charge on any atom is -0.341 e. The molecule has 4 rings (SSSR count). The number of hydrogen-bond donors (Lipinski definition) is 4. The number of hydrazine groups is 1. The second-order valence-electron chi connectivity index (χ2n) is 4.01. The summed E-state index contributed by atoms with van der Waals surface area (Å²) in [4.78, 5) is 24.0. The highest BCUT2D eigenvalue weighted by Crippen LogP contribution is 2.32. The Kier molecular flexibility index (Phi) is 2.65. The zero-order valence-electron chi connectivity index (χ0n) is 10.4. The fraction of sp³-hybridized carbons (Fsp3) is 0. The molecule has 104 valence electrons. The van der Waals surface area contributed by atoms with Crippen LogP contribution in [0.15, 0.2) is 28.9 Å². The van der Waals surface area contributed by atoms with Crippen molar-refractivity contribution in [2.45, 2.75) is 10.1 Å². The molecule has 4 heterocycles. The molecule has 0 aromatic carbocycles. The molecule has 5 N–H and O–H groups in total. The van der Waals surface area contributed by atoms with E-state index in [1.54, 1.807) is 12.5 Å². The number of aromatic amines is 2. The summed E-state index contributed by atoms with van der Waals surface area (Å²) in [7, 11) is 0. The Bertz CT molecular complexity index is 928. The number of aromatic nitrogens is 8. The van der Waals surface area contributed by atoms with Gasteiger partial charge < -0.3 is 4.98 Å². The van der Waals surface area contributed by atoms with Crippen molar-refractivity contribution in [1.29, 1.82) is 0 Å². The van der Waals surface area contributed by atoms with Crippen LogP contribution >= 0.6 is 11.8 Å². The highest BCUT2D eigenvalue weighted by molar-refractivity contribution is 7.99. The van der Waals surface area contributed by atoms with Crippen LogP contribution in [0.5, 0.6) is 0 Å².